The lowest BCUT2D eigenvalue weighted by Gasteiger charge is -2.02. The summed E-state index contributed by atoms with van der Waals surface area (Å²) in [5.74, 6) is 1.69. The van der Waals surface area contributed by atoms with Crippen LogP contribution in [-0.4, -0.2) is 21.8 Å². The second kappa shape index (κ2) is 3.73. The van der Waals surface area contributed by atoms with Crippen molar-refractivity contribution < 1.29 is 0 Å². The van der Waals surface area contributed by atoms with E-state index in [0.717, 1.165) is 22.9 Å². The molecule has 0 bridgehead atoms. The first kappa shape index (κ1) is 9.71. The fourth-order valence-corrected chi connectivity index (χ4v) is 1.55. The lowest BCUT2D eigenvalue weighted by atomic mass is 10.2. The molecule has 0 aliphatic rings. The smallest absolute Gasteiger partial charge is 0.158 e. The van der Waals surface area contributed by atoms with Crippen LogP contribution < -0.4 is 5.32 Å². The van der Waals surface area contributed by atoms with Gasteiger partial charge in [-0.2, -0.15) is 5.10 Å². The normalized spacial score (nSPS) is 10.3. The van der Waals surface area contributed by atoms with Gasteiger partial charge in [-0.3, -0.25) is 0 Å². The number of aryl methyl sites for hydroxylation is 2. The number of aromatic nitrogens is 3. The fraction of sp³-hybridized carbons (Fsp3) is 0.273. The summed E-state index contributed by atoms with van der Waals surface area (Å²) in [6.07, 6.45) is 0. The Labute approximate surface area is 89.0 Å². The molecule has 0 radical (unpaired) electrons. The van der Waals surface area contributed by atoms with Gasteiger partial charge in [0.25, 0.3) is 0 Å². The Kier molecular flexibility index (Phi) is 2.41. The molecule has 0 aliphatic heterocycles. The molecule has 2 rings (SSSR count). The zero-order valence-electron chi connectivity index (χ0n) is 9.15. The number of benzene rings is 1. The van der Waals surface area contributed by atoms with Gasteiger partial charge < -0.3 is 5.32 Å². The van der Waals surface area contributed by atoms with E-state index < -0.39 is 0 Å². The maximum Gasteiger partial charge on any atom is 0.158 e. The van der Waals surface area contributed by atoms with Crippen LogP contribution in [0.3, 0.4) is 0 Å². The highest BCUT2D eigenvalue weighted by Crippen LogP contribution is 2.18. The van der Waals surface area contributed by atoms with Crippen molar-refractivity contribution in [3.8, 4) is 11.4 Å². The SMILES string of the molecule is CNc1ccc(-c2nc(C)nn2C)cc1. The van der Waals surface area contributed by atoms with Gasteiger partial charge in [0, 0.05) is 25.3 Å². The van der Waals surface area contributed by atoms with Crippen LogP contribution in [0.15, 0.2) is 24.3 Å². The minimum Gasteiger partial charge on any atom is -0.388 e. The molecular formula is C11H14N4. The first-order valence-corrected chi connectivity index (χ1v) is 4.86. The van der Waals surface area contributed by atoms with Gasteiger partial charge in [0.1, 0.15) is 5.82 Å². The van der Waals surface area contributed by atoms with Crippen LogP contribution in [0.2, 0.25) is 0 Å². The van der Waals surface area contributed by atoms with Gasteiger partial charge in [-0.25, -0.2) is 9.67 Å². The molecule has 0 amide bonds. The highest BCUT2D eigenvalue weighted by molar-refractivity contribution is 5.59. The maximum absolute atomic E-state index is 4.37. The largest absolute Gasteiger partial charge is 0.388 e. The van der Waals surface area contributed by atoms with Crippen molar-refractivity contribution in [1.29, 1.82) is 0 Å². The van der Waals surface area contributed by atoms with Crippen LogP contribution in [0, 0.1) is 6.92 Å². The number of anilines is 1. The fourth-order valence-electron chi connectivity index (χ4n) is 1.55. The van der Waals surface area contributed by atoms with Crippen molar-refractivity contribution in [3.05, 3.63) is 30.1 Å². The highest BCUT2D eigenvalue weighted by atomic mass is 15.3. The standard InChI is InChI=1S/C11H14N4/c1-8-13-11(15(3)14-8)9-4-6-10(12-2)7-5-9/h4-7,12H,1-3H3. The average Bonchev–Trinajstić information content (AvgIpc) is 2.58. The summed E-state index contributed by atoms with van der Waals surface area (Å²) in [5, 5.41) is 7.30. The van der Waals surface area contributed by atoms with Gasteiger partial charge in [0.05, 0.1) is 0 Å². The number of rotatable bonds is 2. The summed E-state index contributed by atoms with van der Waals surface area (Å²) in [6.45, 7) is 1.89. The monoisotopic (exact) mass is 202 g/mol. The van der Waals surface area contributed by atoms with Gasteiger partial charge in [-0.1, -0.05) is 0 Å². The van der Waals surface area contributed by atoms with Crippen LogP contribution in [0.25, 0.3) is 11.4 Å². The van der Waals surface area contributed by atoms with Gasteiger partial charge in [0.15, 0.2) is 5.82 Å². The zero-order valence-corrected chi connectivity index (χ0v) is 9.15. The molecule has 1 aromatic carbocycles. The van der Waals surface area contributed by atoms with Crippen LogP contribution in [0.4, 0.5) is 5.69 Å². The van der Waals surface area contributed by atoms with Crippen LogP contribution >= 0.6 is 0 Å². The first-order chi connectivity index (χ1) is 7.20. The summed E-state index contributed by atoms with van der Waals surface area (Å²) in [7, 11) is 3.81. The van der Waals surface area contributed by atoms with Gasteiger partial charge in [0.2, 0.25) is 0 Å². The van der Waals surface area contributed by atoms with Crippen molar-refractivity contribution >= 4 is 5.69 Å². The lowest BCUT2D eigenvalue weighted by Crippen LogP contribution is -1.94. The second-order valence-corrected chi connectivity index (χ2v) is 3.43. The quantitative estimate of drug-likeness (QED) is 0.808. The van der Waals surface area contributed by atoms with Crippen molar-refractivity contribution in [2.75, 3.05) is 12.4 Å². The average molecular weight is 202 g/mol. The Hall–Kier alpha value is -1.84. The van der Waals surface area contributed by atoms with Crippen molar-refractivity contribution in [2.45, 2.75) is 6.92 Å². The van der Waals surface area contributed by atoms with Crippen molar-refractivity contribution in [1.82, 2.24) is 14.8 Å². The molecule has 0 spiro atoms. The summed E-state index contributed by atoms with van der Waals surface area (Å²) >= 11 is 0. The Morgan fingerprint density at radius 1 is 1.20 bits per heavy atom. The van der Waals surface area contributed by atoms with E-state index in [1.807, 2.05) is 45.3 Å². The molecule has 1 N–H and O–H groups in total. The van der Waals surface area contributed by atoms with E-state index >= 15 is 0 Å². The molecule has 0 unspecified atom stereocenters. The Morgan fingerprint density at radius 2 is 1.87 bits per heavy atom. The Morgan fingerprint density at radius 3 is 2.33 bits per heavy atom. The molecule has 1 heterocycles. The summed E-state index contributed by atoms with van der Waals surface area (Å²) in [4.78, 5) is 4.37. The van der Waals surface area contributed by atoms with Crippen LogP contribution in [0.1, 0.15) is 5.82 Å². The molecule has 0 atom stereocenters. The van der Waals surface area contributed by atoms with E-state index in [1.54, 1.807) is 4.68 Å². The summed E-state index contributed by atoms with van der Waals surface area (Å²) in [5.41, 5.74) is 2.18. The predicted octanol–water partition coefficient (Wildman–Crippen LogP) is 1.83. The third kappa shape index (κ3) is 1.83. The maximum atomic E-state index is 4.37. The molecule has 0 saturated heterocycles. The molecule has 1 aromatic heterocycles. The van der Waals surface area contributed by atoms with E-state index in [4.69, 9.17) is 0 Å². The minimum absolute atomic E-state index is 0.796. The third-order valence-corrected chi connectivity index (χ3v) is 2.30. The van der Waals surface area contributed by atoms with Crippen LogP contribution in [0.5, 0.6) is 0 Å². The van der Waals surface area contributed by atoms with Gasteiger partial charge in [-0.15, -0.1) is 0 Å². The van der Waals surface area contributed by atoms with Gasteiger partial charge >= 0.3 is 0 Å². The predicted molar refractivity (Wildman–Crippen MR) is 60.7 cm³/mol. The van der Waals surface area contributed by atoms with E-state index in [9.17, 15) is 0 Å². The summed E-state index contributed by atoms with van der Waals surface area (Å²) in [6, 6.07) is 8.13. The molecular weight excluding hydrogens is 188 g/mol. The van der Waals surface area contributed by atoms with E-state index in [-0.39, 0.29) is 0 Å². The number of hydrogen-bond acceptors (Lipinski definition) is 3. The number of nitrogens with one attached hydrogen (secondary N) is 1. The molecule has 0 aliphatic carbocycles. The second-order valence-electron chi connectivity index (χ2n) is 3.43. The Bertz CT molecular complexity index is 456. The van der Waals surface area contributed by atoms with E-state index in [2.05, 4.69) is 15.4 Å². The van der Waals surface area contributed by atoms with Gasteiger partial charge in [-0.05, 0) is 31.2 Å². The molecule has 15 heavy (non-hydrogen) atoms. The zero-order chi connectivity index (χ0) is 10.8. The van der Waals surface area contributed by atoms with E-state index in [1.165, 1.54) is 0 Å². The minimum atomic E-state index is 0.796. The van der Waals surface area contributed by atoms with Crippen molar-refractivity contribution in [2.24, 2.45) is 7.05 Å². The first-order valence-electron chi connectivity index (χ1n) is 4.86. The van der Waals surface area contributed by atoms with Crippen molar-refractivity contribution in [3.63, 3.8) is 0 Å². The Balaban J connectivity index is 2.41. The molecule has 2 aromatic rings. The molecule has 4 heteroatoms. The molecule has 78 valence electrons. The molecule has 4 nitrogen and oxygen atoms in total. The van der Waals surface area contributed by atoms with Crippen LogP contribution in [-0.2, 0) is 7.05 Å². The summed E-state index contributed by atoms with van der Waals surface area (Å²) < 4.78 is 1.80. The molecule has 0 fully saturated rings. The van der Waals surface area contributed by atoms with E-state index in [0.29, 0.717) is 0 Å². The topological polar surface area (TPSA) is 42.7 Å². The lowest BCUT2D eigenvalue weighted by molar-refractivity contribution is 0.764. The highest BCUT2D eigenvalue weighted by Gasteiger charge is 2.05. The molecule has 0 saturated carbocycles. The number of hydrogen-bond donors (Lipinski definition) is 1. The third-order valence-electron chi connectivity index (χ3n) is 2.30. The number of nitrogens with zero attached hydrogens (tertiary/aromatic N) is 3.